The molecule has 5 rings (SSSR count). The summed E-state index contributed by atoms with van der Waals surface area (Å²) in [6.07, 6.45) is 1.31. The summed E-state index contributed by atoms with van der Waals surface area (Å²) in [4.78, 5) is 42.1. The van der Waals surface area contributed by atoms with Crippen molar-refractivity contribution in [2.24, 2.45) is 17.8 Å². The fraction of sp³-hybridized carbons (Fsp3) is 0.400. The zero-order valence-electron chi connectivity index (χ0n) is 18.1. The summed E-state index contributed by atoms with van der Waals surface area (Å²) in [5, 5.41) is 6.43. The van der Waals surface area contributed by atoms with E-state index in [1.807, 2.05) is 48.5 Å². The highest BCUT2D eigenvalue weighted by atomic mass is 79.9. The normalized spacial score (nSPS) is 28.6. The predicted octanol–water partition coefficient (Wildman–Crippen LogP) is 3.46. The summed E-state index contributed by atoms with van der Waals surface area (Å²) in [6.45, 7) is 4.51. The Labute approximate surface area is 195 Å². The first-order valence-corrected chi connectivity index (χ1v) is 11.9. The molecule has 3 aliphatic heterocycles. The standard InChI is InChI=1S/C25H26BrN3O3/c1-14(2)12-19-20-21(23(31)29(22(20)30)11-10-15-6-4-3-5-7-15)25(28-19)17-13-16(26)8-9-18(17)27-24(25)32/h3-9,13-14,19-21,28H,10-12H2,1-2H3,(H,27,32)/t19-,20+,21-,25+/m0/s1. The molecule has 3 amide bonds. The fourth-order valence-electron chi connectivity index (χ4n) is 5.65. The minimum absolute atomic E-state index is 0.165. The number of nitrogens with one attached hydrogen (secondary N) is 2. The van der Waals surface area contributed by atoms with Crippen LogP contribution in [0.4, 0.5) is 5.69 Å². The van der Waals surface area contributed by atoms with Crippen LogP contribution in [-0.4, -0.2) is 35.2 Å². The van der Waals surface area contributed by atoms with Crippen LogP contribution in [0.3, 0.4) is 0 Å². The van der Waals surface area contributed by atoms with Gasteiger partial charge in [-0.05, 0) is 42.5 Å². The van der Waals surface area contributed by atoms with Crippen molar-refractivity contribution in [1.29, 1.82) is 0 Å². The number of carbonyl (C=O) groups excluding carboxylic acids is 3. The summed E-state index contributed by atoms with van der Waals surface area (Å²) < 4.78 is 0.829. The van der Waals surface area contributed by atoms with Crippen LogP contribution in [0.5, 0.6) is 0 Å². The Morgan fingerprint density at radius 1 is 1.06 bits per heavy atom. The molecule has 2 fully saturated rings. The lowest BCUT2D eigenvalue weighted by Gasteiger charge is -2.30. The zero-order valence-corrected chi connectivity index (χ0v) is 19.7. The van der Waals surface area contributed by atoms with Crippen molar-refractivity contribution in [2.75, 3.05) is 11.9 Å². The molecule has 0 aliphatic carbocycles. The maximum Gasteiger partial charge on any atom is 0.250 e. The number of benzene rings is 2. The third-order valence-corrected chi connectivity index (χ3v) is 7.45. The Hall–Kier alpha value is -2.51. The molecule has 3 heterocycles. The third kappa shape index (κ3) is 3.13. The summed E-state index contributed by atoms with van der Waals surface area (Å²) in [5.41, 5.74) is 1.28. The molecule has 0 saturated carbocycles. The van der Waals surface area contributed by atoms with Crippen LogP contribution in [0.1, 0.15) is 31.4 Å². The van der Waals surface area contributed by atoms with Gasteiger partial charge in [0, 0.05) is 28.3 Å². The van der Waals surface area contributed by atoms with Gasteiger partial charge in [-0.25, -0.2) is 0 Å². The van der Waals surface area contributed by atoms with Crippen LogP contribution >= 0.6 is 15.9 Å². The number of hydrogen-bond acceptors (Lipinski definition) is 4. The lowest BCUT2D eigenvalue weighted by Crippen LogP contribution is -2.53. The van der Waals surface area contributed by atoms with Gasteiger partial charge >= 0.3 is 0 Å². The first kappa shape index (κ1) is 21.3. The molecule has 0 aromatic heterocycles. The lowest BCUT2D eigenvalue weighted by molar-refractivity contribution is -0.142. The van der Waals surface area contributed by atoms with Gasteiger partial charge in [-0.1, -0.05) is 60.1 Å². The molecule has 0 bridgehead atoms. The quantitative estimate of drug-likeness (QED) is 0.622. The van der Waals surface area contributed by atoms with E-state index in [0.29, 0.717) is 31.0 Å². The topological polar surface area (TPSA) is 78.5 Å². The van der Waals surface area contributed by atoms with Crippen molar-refractivity contribution < 1.29 is 14.4 Å². The van der Waals surface area contributed by atoms with Crippen LogP contribution in [-0.2, 0) is 26.3 Å². The molecule has 2 N–H and O–H groups in total. The van der Waals surface area contributed by atoms with Crippen molar-refractivity contribution in [3.63, 3.8) is 0 Å². The number of anilines is 1. The van der Waals surface area contributed by atoms with Crippen LogP contribution in [0.25, 0.3) is 0 Å². The monoisotopic (exact) mass is 495 g/mol. The van der Waals surface area contributed by atoms with Gasteiger partial charge in [0.05, 0.1) is 11.8 Å². The smallest absolute Gasteiger partial charge is 0.250 e. The van der Waals surface area contributed by atoms with Crippen LogP contribution in [0.15, 0.2) is 53.0 Å². The molecule has 2 aromatic carbocycles. The van der Waals surface area contributed by atoms with Gasteiger partial charge in [0.25, 0.3) is 0 Å². The molecule has 1 spiro atoms. The summed E-state index contributed by atoms with van der Waals surface area (Å²) in [5.74, 6) is -1.64. The second kappa shape index (κ2) is 7.81. The van der Waals surface area contributed by atoms with E-state index in [2.05, 4.69) is 40.4 Å². The average Bonchev–Trinajstić information content (AvgIpc) is 3.32. The van der Waals surface area contributed by atoms with Crippen molar-refractivity contribution in [2.45, 2.75) is 38.3 Å². The molecule has 0 unspecified atom stereocenters. The number of carbonyl (C=O) groups is 3. The molecule has 3 aliphatic rings. The van der Waals surface area contributed by atoms with E-state index in [-0.39, 0.29) is 23.8 Å². The van der Waals surface area contributed by atoms with Gasteiger partial charge in [0.15, 0.2) is 0 Å². The highest BCUT2D eigenvalue weighted by molar-refractivity contribution is 9.10. The summed E-state index contributed by atoms with van der Waals surface area (Å²) >= 11 is 3.50. The van der Waals surface area contributed by atoms with Crippen molar-refractivity contribution in [1.82, 2.24) is 10.2 Å². The SMILES string of the molecule is CC(C)C[C@@H]1N[C@@]2(C(=O)Nc3ccc(Br)cc32)[C@@H]2C(=O)N(CCc3ccccc3)C(=O)[C@H]12. The highest BCUT2D eigenvalue weighted by Gasteiger charge is 2.70. The van der Waals surface area contributed by atoms with Gasteiger partial charge in [0.1, 0.15) is 5.54 Å². The van der Waals surface area contributed by atoms with E-state index < -0.39 is 17.4 Å². The minimum atomic E-state index is -1.22. The molecule has 166 valence electrons. The molecule has 7 heteroatoms. The van der Waals surface area contributed by atoms with Gasteiger partial charge < -0.3 is 5.32 Å². The van der Waals surface area contributed by atoms with Gasteiger partial charge in [-0.2, -0.15) is 0 Å². The number of imide groups is 1. The van der Waals surface area contributed by atoms with Gasteiger partial charge in [-0.3, -0.25) is 24.6 Å². The van der Waals surface area contributed by atoms with E-state index in [9.17, 15) is 14.4 Å². The number of fused-ring (bicyclic) bond motifs is 4. The van der Waals surface area contributed by atoms with Gasteiger partial charge in [0.2, 0.25) is 17.7 Å². The fourth-order valence-corrected chi connectivity index (χ4v) is 6.01. The first-order chi connectivity index (χ1) is 15.3. The highest BCUT2D eigenvalue weighted by Crippen LogP contribution is 2.54. The molecule has 2 saturated heterocycles. The summed E-state index contributed by atoms with van der Waals surface area (Å²) in [7, 11) is 0. The largest absolute Gasteiger partial charge is 0.324 e. The Bertz CT molecular complexity index is 1100. The number of likely N-dealkylation sites (tertiary alicyclic amines) is 1. The second-order valence-corrected chi connectivity index (χ2v) is 10.3. The molecule has 6 nitrogen and oxygen atoms in total. The number of rotatable bonds is 5. The van der Waals surface area contributed by atoms with E-state index in [0.717, 1.165) is 15.6 Å². The van der Waals surface area contributed by atoms with E-state index >= 15 is 0 Å². The van der Waals surface area contributed by atoms with Crippen molar-refractivity contribution >= 4 is 39.3 Å². The van der Waals surface area contributed by atoms with E-state index in [1.165, 1.54) is 4.90 Å². The Morgan fingerprint density at radius 2 is 1.81 bits per heavy atom. The van der Waals surface area contributed by atoms with Crippen LogP contribution in [0.2, 0.25) is 0 Å². The van der Waals surface area contributed by atoms with Crippen LogP contribution < -0.4 is 10.6 Å². The van der Waals surface area contributed by atoms with Gasteiger partial charge in [-0.15, -0.1) is 0 Å². The minimum Gasteiger partial charge on any atom is -0.324 e. The Balaban J connectivity index is 1.54. The Morgan fingerprint density at radius 3 is 2.53 bits per heavy atom. The molecular weight excluding hydrogens is 470 g/mol. The van der Waals surface area contributed by atoms with Crippen molar-refractivity contribution in [3.8, 4) is 0 Å². The van der Waals surface area contributed by atoms with Crippen LogP contribution in [0, 0.1) is 17.8 Å². The number of amides is 3. The van der Waals surface area contributed by atoms with Crippen molar-refractivity contribution in [3.05, 3.63) is 64.1 Å². The average molecular weight is 496 g/mol. The second-order valence-electron chi connectivity index (χ2n) is 9.40. The maximum atomic E-state index is 13.7. The lowest BCUT2D eigenvalue weighted by atomic mass is 9.76. The number of hydrogen-bond donors (Lipinski definition) is 2. The zero-order chi connectivity index (χ0) is 22.6. The van der Waals surface area contributed by atoms with E-state index in [1.54, 1.807) is 0 Å². The van der Waals surface area contributed by atoms with E-state index in [4.69, 9.17) is 0 Å². The third-order valence-electron chi connectivity index (χ3n) is 6.96. The summed E-state index contributed by atoms with van der Waals surface area (Å²) in [6, 6.07) is 15.2. The maximum absolute atomic E-state index is 13.7. The first-order valence-electron chi connectivity index (χ1n) is 11.1. The molecule has 32 heavy (non-hydrogen) atoms. The number of nitrogens with zero attached hydrogens (tertiary/aromatic N) is 1. The Kier molecular flexibility index (Phi) is 5.21. The molecule has 2 aromatic rings. The molecule has 0 radical (unpaired) electrons. The number of halogens is 1. The molecule has 4 atom stereocenters. The predicted molar refractivity (Wildman–Crippen MR) is 125 cm³/mol. The molecular formula is C25H26BrN3O3.